The van der Waals surface area contributed by atoms with Gasteiger partial charge in [0.15, 0.2) is 0 Å². The lowest BCUT2D eigenvalue weighted by molar-refractivity contribution is 0.565. The van der Waals surface area contributed by atoms with Gasteiger partial charge in [-0.3, -0.25) is 0 Å². The molecule has 1 rings (SSSR count). The van der Waals surface area contributed by atoms with Crippen LogP contribution in [0.2, 0.25) is 0 Å². The van der Waals surface area contributed by atoms with Crippen molar-refractivity contribution in [3.05, 3.63) is 33.9 Å². The van der Waals surface area contributed by atoms with E-state index in [1.165, 1.54) is 27.8 Å². The number of aryl methyl sites for hydroxylation is 1. The van der Waals surface area contributed by atoms with E-state index in [9.17, 15) is 0 Å². The summed E-state index contributed by atoms with van der Waals surface area (Å²) in [5.74, 6) is 0. The van der Waals surface area contributed by atoms with E-state index >= 15 is 0 Å². The van der Waals surface area contributed by atoms with Gasteiger partial charge >= 0.3 is 0 Å². The molecular formula is C17H28. The fourth-order valence-electron chi connectivity index (χ4n) is 3.02. The van der Waals surface area contributed by atoms with Gasteiger partial charge in [0.2, 0.25) is 0 Å². The molecule has 0 spiro atoms. The zero-order valence-corrected chi connectivity index (χ0v) is 13.1. The van der Waals surface area contributed by atoms with Crippen LogP contribution in [0.25, 0.3) is 0 Å². The van der Waals surface area contributed by atoms with E-state index in [1.54, 1.807) is 0 Å². The van der Waals surface area contributed by atoms with Crippen LogP contribution in [0.1, 0.15) is 69.4 Å². The van der Waals surface area contributed by atoms with Crippen LogP contribution in [0.4, 0.5) is 0 Å². The van der Waals surface area contributed by atoms with E-state index in [0.29, 0.717) is 0 Å². The Morgan fingerprint density at radius 2 is 1.18 bits per heavy atom. The van der Waals surface area contributed by atoms with Crippen LogP contribution in [0.3, 0.4) is 0 Å². The number of hydrogen-bond donors (Lipinski definition) is 0. The first-order chi connectivity index (χ1) is 7.46. The molecule has 0 heteroatoms. The van der Waals surface area contributed by atoms with E-state index in [4.69, 9.17) is 0 Å². The molecule has 0 fully saturated rings. The summed E-state index contributed by atoms with van der Waals surface area (Å²) < 4.78 is 0. The number of rotatable bonds is 0. The van der Waals surface area contributed by atoms with Gasteiger partial charge in [-0.05, 0) is 59.4 Å². The molecule has 0 nitrogen and oxygen atoms in total. The predicted molar refractivity (Wildman–Crippen MR) is 78.1 cm³/mol. The molecule has 0 saturated carbocycles. The minimum absolute atomic E-state index is 0.231. The molecule has 1 aromatic carbocycles. The van der Waals surface area contributed by atoms with Gasteiger partial charge in [-0.25, -0.2) is 0 Å². The lowest BCUT2D eigenvalue weighted by Gasteiger charge is -2.30. The molecule has 0 heterocycles. The number of hydrogen-bond acceptors (Lipinski definition) is 0. The molecule has 0 atom stereocenters. The molecule has 96 valence electrons. The second-order valence-corrected chi connectivity index (χ2v) is 7.37. The van der Waals surface area contributed by atoms with Gasteiger partial charge in [-0.1, -0.05) is 47.6 Å². The highest BCUT2D eigenvalue weighted by Crippen LogP contribution is 2.36. The molecule has 0 aromatic heterocycles. The van der Waals surface area contributed by atoms with E-state index in [1.807, 2.05) is 0 Å². The molecule has 0 radical (unpaired) electrons. The van der Waals surface area contributed by atoms with Crippen molar-refractivity contribution in [1.82, 2.24) is 0 Å². The monoisotopic (exact) mass is 232 g/mol. The highest BCUT2D eigenvalue weighted by atomic mass is 14.3. The summed E-state index contributed by atoms with van der Waals surface area (Å²) in [5, 5.41) is 0. The Morgan fingerprint density at radius 3 is 1.53 bits per heavy atom. The summed E-state index contributed by atoms with van der Waals surface area (Å²) in [6.07, 6.45) is 0. The van der Waals surface area contributed by atoms with E-state index in [2.05, 4.69) is 68.4 Å². The third-order valence-electron chi connectivity index (χ3n) is 3.65. The van der Waals surface area contributed by atoms with Crippen LogP contribution in [-0.2, 0) is 10.8 Å². The van der Waals surface area contributed by atoms with Crippen molar-refractivity contribution >= 4 is 0 Å². The second-order valence-electron chi connectivity index (χ2n) is 7.37. The molecule has 0 saturated heterocycles. The third-order valence-corrected chi connectivity index (χ3v) is 3.65. The van der Waals surface area contributed by atoms with Gasteiger partial charge in [0, 0.05) is 0 Å². The van der Waals surface area contributed by atoms with E-state index in [0.717, 1.165) is 0 Å². The first-order valence-corrected chi connectivity index (χ1v) is 6.58. The first kappa shape index (κ1) is 14.3. The van der Waals surface area contributed by atoms with Crippen molar-refractivity contribution in [2.75, 3.05) is 0 Å². The average Bonchev–Trinajstić information content (AvgIpc) is 2.07. The Hall–Kier alpha value is -0.780. The van der Waals surface area contributed by atoms with Crippen molar-refractivity contribution in [2.45, 2.75) is 73.1 Å². The second kappa shape index (κ2) is 4.15. The smallest absolute Gasteiger partial charge is 0.0127 e. The van der Waals surface area contributed by atoms with Crippen LogP contribution in [0.15, 0.2) is 6.07 Å². The van der Waals surface area contributed by atoms with Crippen molar-refractivity contribution < 1.29 is 0 Å². The largest absolute Gasteiger partial charge is 0.0561 e. The van der Waals surface area contributed by atoms with Crippen LogP contribution >= 0.6 is 0 Å². The Kier molecular flexibility index (Phi) is 3.49. The molecule has 1 aromatic rings. The van der Waals surface area contributed by atoms with Crippen LogP contribution in [0, 0.1) is 20.8 Å². The van der Waals surface area contributed by atoms with Crippen molar-refractivity contribution in [1.29, 1.82) is 0 Å². The normalized spacial score (nSPS) is 13.0. The van der Waals surface area contributed by atoms with Crippen molar-refractivity contribution in [3.8, 4) is 0 Å². The third kappa shape index (κ3) is 2.73. The molecule has 0 aliphatic carbocycles. The first-order valence-electron chi connectivity index (χ1n) is 6.58. The molecule has 0 N–H and O–H groups in total. The summed E-state index contributed by atoms with van der Waals surface area (Å²) in [6.45, 7) is 20.6. The molecule has 0 unspecified atom stereocenters. The summed E-state index contributed by atoms with van der Waals surface area (Å²) in [4.78, 5) is 0. The molecule has 17 heavy (non-hydrogen) atoms. The maximum absolute atomic E-state index is 2.39. The quantitative estimate of drug-likeness (QED) is 0.576. The highest BCUT2D eigenvalue weighted by Gasteiger charge is 2.24. The molecular weight excluding hydrogens is 204 g/mol. The minimum Gasteiger partial charge on any atom is -0.0561 e. The predicted octanol–water partition coefficient (Wildman–Crippen LogP) is 5.21. The lowest BCUT2D eigenvalue weighted by Crippen LogP contribution is -2.20. The molecule has 0 amide bonds. The number of benzene rings is 1. The van der Waals surface area contributed by atoms with Crippen LogP contribution in [-0.4, -0.2) is 0 Å². The maximum atomic E-state index is 2.39. The van der Waals surface area contributed by atoms with Crippen molar-refractivity contribution in [2.24, 2.45) is 0 Å². The lowest BCUT2D eigenvalue weighted by atomic mass is 9.74. The Morgan fingerprint density at radius 1 is 0.706 bits per heavy atom. The summed E-state index contributed by atoms with van der Waals surface area (Å²) in [6, 6.07) is 2.39. The average molecular weight is 232 g/mol. The fourth-order valence-corrected chi connectivity index (χ4v) is 3.02. The summed E-state index contributed by atoms with van der Waals surface area (Å²) in [5.41, 5.74) is 7.84. The zero-order chi connectivity index (χ0) is 13.6. The Bertz CT molecular complexity index is 423. The van der Waals surface area contributed by atoms with E-state index < -0.39 is 0 Å². The van der Waals surface area contributed by atoms with Gasteiger partial charge < -0.3 is 0 Å². The Balaban J connectivity index is 3.60. The van der Waals surface area contributed by atoms with Gasteiger partial charge in [-0.15, -0.1) is 0 Å². The van der Waals surface area contributed by atoms with Crippen molar-refractivity contribution in [3.63, 3.8) is 0 Å². The topological polar surface area (TPSA) is 0 Å². The fraction of sp³-hybridized carbons (Fsp3) is 0.647. The van der Waals surface area contributed by atoms with Gasteiger partial charge in [0.1, 0.15) is 0 Å². The van der Waals surface area contributed by atoms with Gasteiger partial charge in [0.25, 0.3) is 0 Å². The standard InChI is InChI=1S/C17H28/c1-11-10-14(16(4,5)6)12(2)13(3)15(11)17(7,8)9/h10H,1-9H3. The van der Waals surface area contributed by atoms with E-state index in [-0.39, 0.29) is 10.8 Å². The van der Waals surface area contributed by atoms with Gasteiger partial charge in [0.05, 0.1) is 0 Å². The summed E-state index contributed by atoms with van der Waals surface area (Å²) >= 11 is 0. The zero-order valence-electron chi connectivity index (χ0n) is 13.1. The molecule has 0 bridgehead atoms. The maximum Gasteiger partial charge on any atom is -0.0127 e. The highest BCUT2D eigenvalue weighted by molar-refractivity contribution is 5.49. The Labute approximate surface area is 107 Å². The SMILES string of the molecule is Cc1cc(C(C)(C)C)c(C)c(C)c1C(C)(C)C. The minimum atomic E-state index is 0.231. The summed E-state index contributed by atoms with van der Waals surface area (Å²) in [7, 11) is 0. The molecule has 0 aliphatic rings. The molecule has 0 aliphatic heterocycles. The van der Waals surface area contributed by atoms with Crippen LogP contribution in [0.5, 0.6) is 0 Å². The van der Waals surface area contributed by atoms with Crippen LogP contribution < -0.4 is 0 Å². The van der Waals surface area contributed by atoms with Gasteiger partial charge in [-0.2, -0.15) is 0 Å².